The lowest BCUT2D eigenvalue weighted by atomic mass is 10.2. The highest BCUT2D eigenvalue weighted by Crippen LogP contribution is 2.31. The number of ether oxygens (including phenoxy) is 1. The van der Waals surface area contributed by atoms with Gasteiger partial charge in [-0.2, -0.15) is 0 Å². The molecule has 4 rings (SSSR count). The van der Waals surface area contributed by atoms with E-state index >= 15 is 0 Å². The lowest BCUT2D eigenvalue weighted by Crippen LogP contribution is -2.23. The SMILES string of the molecule is Cc1cccc(NC(=O)[C@@H](C)Sc2nnc(-c3cccs3)n2C[C@H]2CCCO2)c1. The Morgan fingerprint density at radius 1 is 1.38 bits per heavy atom. The average molecular weight is 429 g/mol. The Labute approximate surface area is 178 Å². The van der Waals surface area contributed by atoms with Crippen molar-refractivity contribution in [2.45, 2.75) is 49.7 Å². The van der Waals surface area contributed by atoms with Crippen molar-refractivity contribution < 1.29 is 9.53 Å². The molecule has 1 N–H and O–H groups in total. The summed E-state index contributed by atoms with van der Waals surface area (Å²) in [5.74, 6) is 0.786. The Morgan fingerprint density at radius 2 is 2.28 bits per heavy atom. The molecule has 1 aromatic carbocycles. The molecule has 6 nitrogen and oxygen atoms in total. The second-order valence-corrected chi connectivity index (χ2v) is 9.40. The molecule has 0 aliphatic carbocycles. The van der Waals surface area contributed by atoms with E-state index in [-0.39, 0.29) is 17.3 Å². The third-order valence-electron chi connectivity index (χ3n) is 4.81. The van der Waals surface area contributed by atoms with Crippen LogP contribution in [0, 0.1) is 6.92 Å². The van der Waals surface area contributed by atoms with Crippen molar-refractivity contribution in [3.05, 3.63) is 47.3 Å². The summed E-state index contributed by atoms with van der Waals surface area (Å²) in [6, 6.07) is 11.9. The van der Waals surface area contributed by atoms with Crippen LogP contribution in [0.2, 0.25) is 0 Å². The van der Waals surface area contributed by atoms with Crippen LogP contribution >= 0.6 is 23.1 Å². The maximum Gasteiger partial charge on any atom is 0.237 e. The van der Waals surface area contributed by atoms with Crippen LogP contribution in [0.15, 0.2) is 46.9 Å². The molecule has 1 aliphatic heterocycles. The van der Waals surface area contributed by atoms with Crippen LogP contribution in [0.5, 0.6) is 0 Å². The second-order valence-electron chi connectivity index (χ2n) is 7.15. The molecule has 3 heterocycles. The number of nitrogens with one attached hydrogen (secondary N) is 1. The van der Waals surface area contributed by atoms with E-state index in [2.05, 4.69) is 20.1 Å². The van der Waals surface area contributed by atoms with Crippen molar-refractivity contribution in [2.24, 2.45) is 0 Å². The predicted molar refractivity (Wildman–Crippen MR) is 117 cm³/mol. The Morgan fingerprint density at radius 3 is 3.00 bits per heavy atom. The first kappa shape index (κ1) is 20.1. The quantitative estimate of drug-likeness (QED) is 0.557. The number of thioether (sulfide) groups is 1. The minimum atomic E-state index is -0.306. The summed E-state index contributed by atoms with van der Waals surface area (Å²) in [4.78, 5) is 13.8. The molecule has 0 radical (unpaired) electrons. The average Bonchev–Trinajstić information content (AvgIpc) is 3.45. The third kappa shape index (κ3) is 4.88. The number of nitrogens with zero attached hydrogens (tertiary/aromatic N) is 3. The molecule has 29 heavy (non-hydrogen) atoms. The van der Waals surface area contributed by atoms with Crippen molar-refractivity contribution in [2.75, 3.05) is 11.9 Å². The smallest absolute Gasteiger partial charge is 0.237 e. The first-order chi connectivity index (χ1) is 14.1. The van der Waals surface area contributed by atoms with E-state index in [1.54, 1.807) is 11.3 Å². The number of hydrogen-bond donors (Lipinski definition) is 1. The van der Waals surface area contributed by atoms with E-state index in [0.717, 1.165) is 46.6 Å². The van der Waals surface area contributed by atoms with Crippen molar-refractivity contribution in [3.63, 3.8) is 0 Å². The summed E-state index contributed by atoms with van der Waals surface area (Å²) >= 11 is 3.07. The molecule has 0 saturated carbocycles. The van der Waals surface area contributed by atoms with Gasteiger partial charge in [0.25, 0.3) is 0 Å². The van der Waals surface area contributed by atoms with Crippen molar-refractivity contribution >= 4 is 34.7 Å². The summed E-state index contributed by atoms with van der Waals surface area (Å²) in [6.45, 7) is 5.41. The molecule has 1 aliphatic rings. The summed E-state index contributed by atoms with van der Waals surface area (Å²) in [7, 11) is 0. The molecule has 0 unspecified atom stereocenters. The number of anilines is 1. The summed E-state index contributed by atoms with van der Waals surface area (Å²) in [6.07, 6.45) is 2.29. The summed E-state index contributed by atoms with van der Waals surface area (Å²) in [5, 5.41) is 14.3. The van der Waals surface area contributed by atoms with Gasteiger partial charge in [0.15, 0.2) is 11.0 Å². The minimum Gasteiger partial charge on any atom is -0.376 e. The topological polar surface area (TPSA) is 69.0 Å². The maximum atomic E-state index is 12.7. The Hall–Kier alpha value is -2.16. The molecule has 8 heteroatoms. The molecular weight excluding hydrogens is 404 g/mol. The predicted octanol–water partition coefficient (Wildman–Crippen LogP) is 4.61. The van der Waals surface area contributed by atoms with Gasteiger partial charge >= 0.3 is 0 Å². The van der Waals surface area contributed by atoms with Gasteiger partial charge in [0, 0.05) is 12.3 Å². The van der Waals surface area contributed by atoms with Gasteiger partial charge in [-0.3, -0.25) is 9.36 Å². The van der Waals surface area contributed by atoms with Gasteiger partial charge in [-0.25, -0.2) is 0 Å². The van der Waals surface area contributed by atoms with Crippen LogP contribution in [-0.2, 0) is 16.1 Å². The lowest BCUT2D eigenvalue weighted by Gasteiger charge is -2.16. The van der Waals surface area contributed by atoms with Crippen LogP contribution in [-0.4, -0.2) is 38.6 Å². The molecule has 3 aromatic rings. The van der Waals surface area contributed by atoms with E-state index in [1.165, 1.54) is 11.8 Å². The fourth-order valence-electron chi connectivity index (χ4n) is 3.30. The van der Waals surface area contributed by atoms with E-state index in [0.29, 0.717) is 6.54 Å². The number of aromatic nitrogens is 3. The molecule has 1 saturated heterocycles. The fourth-order valence-corrected chi connectivity index (χ4v) is 4.87. The number of benzene rings is 1. The third-order valence-corrected chi connectivity index (χ3v) is 6.75. The van der Waals surface area contributed by atoms with Crippen molar-refractivity contribution in [1.82, 2.24) is 14.8 Å². The van der Waals surface area contributed by atoms with E-state index in [4.69, 9.17) is 4.74 Å². The number of thiophene rings is 1. The van der Waals surface area contributed by atoms with Gasteiger partial charge in [-0.15, -0.1) is 21.5 Å². The van der Waals surface area contributed by atoms with Crippen molar-refractivity contribution in [3.8, 4) is 10.7 Å². The Bertz CT molecular complexity index is 965. The van der Waals surface area contributed by atoms with Gasteiger partial charge in [-0.1, -0.05) is 30.0 Å². The van der Waals surface area contributed by atoms with Crippen LogP contribution in [0.25, 0.3) is 10.7 Å². The van der Waals surface area contributed by atoms with Crippen LogP contribution < -0.4 is 5.32 Å². The minimum absolute atomic E-state index is 0.0510. The van der Waals surface area contributed by atoms with Gasteiger partial charge in [0.2, 0.25) is 5.91 Å². The molecule has 1 fully saturated rings. The highest BCUT2D eigenvalue weighted by Gasteiger charge is 2.25. The number of rotatable bonds is 7. The molecule has 1 amide bonds. The standard InChI is InChI=1S/C21H24N4O2S2/c1-14-6-3-7-16(12-14)22-20(26)15(2)29-21-24-23-19(18-9-5-11-28-18)25(21)13-17-8-4-10-27-17/h3,5-7,9,11-12,15,17H,4,8,10,13H2,1-2H3,(H,22,26)/t15-,17-/m1/s1. The van der Waals surface area contributed by atoms with Crippen molar-refractivity contribution in [1.29, 1.82) is 0 Å². The van der Waals surface area contributed by atoms with Gasteiger partial charge in [0.05, 0.1) is 22.8 Å². The number of amides is 1. The first-order valence-electron chi connectivity index (χ1n) is 9.73. The zero-order chi connectivity index (χ0) is 20.2. The van der Waals surface area contributed by atoms with E-state index in [9.17, 15) is 4.79 Å². The van der Waals surface area contributed by atoms with Gasteiger partial charge < -0.3 is 10.1 Å². The Balaban J connectivity index is 1.51. The molecule has 2 aromatic heterocycles. The monoisotopic (exact) mass is 428 g/mol. The summed E-state index contributed by atoms with van der Waals surface area (Å²) < 4.78 is 7.93. The highest BCUT2D eigenvalue weighted by atomic mass is 32.2. The van der Waals surface area contributed by atoms with Gasteiger partial charge in [0.1, 0.15) is 0 Å². The first-order valence-corrected chi connectivity index (χ1v) is 11.5. The fraction of sp³-hybridized carbons (Fsp3) is 0.381. The molecule has 0 spiro atoms. The number of hydrogen-bond acceptors (Lipinski definition) is 6. The largest absolute Gasteiger partial charge is 0.376 e. The zero-order valence-electron chi connectivity index (χ0n) is 16.5. The summed E-state index contributed by atoms with van der Waals surface area (Å²) in [5.41, 5.74) is 1.92. The van der Waals surface area contributed by atoms with Gasteiger partial charge in [-0.05, 0) is 55.8 Å². The van der Waals surface area contributed by atoms with Crippen LogP contribution in [0.4, 0.5) is 5.69 Å². The lowest BCUT2D eigenvalue weighted by molar-refractivity contribution is -0.115. The highest BCUT2D eigenvalue weighted by molar-refractivity contribution is 8.00. The van der Waals surface area contributed by atoms with E-state index in [1.807, 2.05) is 55.6 Å². The molecule has 152 valence electrons. The molecular formula is C21H24N4O2S2. The molecule has 0 bridgehead atoms. The number of aryl methyl sites for hydroxylation is 1. The number of carbonyl (C=O) groups excluding carboxylic acids is 1. The number of carbonyl (C=O) groups is 1. The second kappa shape index (κ2) is 9.11. The van der Waals surface area contributed by atoms with Crippen LogP contribution in [0.3, 0.4) is 0 Å². The Kier molecular flexibility index (Phi) is 6.32. The normalized spacial score (nSPS) is 17.4. The van der Waals surface area contributed by atoms with Crippen LogP contribution in [0.1, 0.15) is 25.3 Å². The van der Waals surface area contributed by atoms with E-state index < -0.39 is 0 Å². The maximum absolute atomic E-state index is 12.7. The molecule has 2 atom stereocenters. The zero-order valence-corrected chi connectivity index (χ0v) is 18.1.